The highest BCUT2D eigenvalue weighted by atomic mass is 32.2. The van der Waals surface area contributed by atoms with E-state index in [-0.39, 0.29) is 55.5 Å². The first-order valence-corrected chi connectivity index (χ1v) is 13.7. The number of hydrogen-bond acceptors (Lipinski definition) is 10. The number of nitrogens with zero attached hydrogens (tertiary/aromatic N) is 4. The fourth-order valence-electron chi connectivity index (χ4n) is 5.03. The molecule has 0 aliphatic carbocycles. The molecule has 4 heterocycles. The largest absolute Gasteiger partial charge is 0.512 e. The van der Waals surface area contributed by atoms with Crippen LogP contribution in [0.25, 0.3) is 10.9 Å². The molecule has 2 amide bonds. The Kier molecular flexibility index (Phi) is 7.52. The van der Waals surface area contributed by atoms with Crippen molar-refractivity contribution in [3.8, 4) is 0 Å². The monoisotopic (exact) mass is 591 g/mol. The SMILES string of the molecule is CCn1cc(C(=O)O)c(=O)c2cc(F)c(N3CCN(C(=O)OCC4=C(OC(=O)O)N5C(=O)[C@@H](N)[C@H]5SC4)CC3)cc21. The van der Waals surface area contributed by atoms with Crippen LogP contribution in [0.2, 0.25) is 0 Å². The number of nitrogens with two attached hydrogens (primary N) is 1. The quantitative estimate of drug-likeness (QED) is 0.323. The van der Waals surface area contributed by atoms with Crippen LogP contribution in [0.15, 0.2) is 34.6 Å². The molecule has 4 N–H and O–H groups in total. The molecule has 0 radical (unpaired) electrons. The Morgan fingerprint density at radius 1 is 1.15 bits per heavy atom. The maximum Gasteiger partial charge on any atom is 0.512 e. The van der Waals surface area contributed by atoms with Gasteiger partial charge in [-0.25, -0.2) is 18.8 Å². The van der Waals surface area contributed by atoms with Crippen molar-refractivity contribution in [2.45, 2.75) is 24.9 Å². The Balaban J connectivity index is 1.27. The Bertz CT molecular complexity index is 1550. The first kappa shape index (κ1) is 28.2. The summed E-state index contributed by atoms with van der Waals surface area (Å²) in [6.45, 7) is 2.69. The molecule has 41 heavy (non-hydrogen) atoms. The van der Waals surface area contributed by atoms with Crippen LogP contribution in [0.5, 0.6) is 0 Å². The van der Waals surface area contributed by atoms with Crippen LogP contribution >= 0.6 is 11.8 Å². The molecule has 1 aromatic carbocycles. The number of ether oxygens (including phenoxy) is 2. The molecule has 3 aliphatic rings. The molecule has 2 atom stereocenters. The maximum atomic E-state index is 15.1. The molecule has 218 valence electrons. The van der Waals surface area contributed by atoms with Crippen molar-refractivity contribution < 1.29 is 43.3 Å². The highest BCUT2D eigenvalue weighted by Gasteiger charge is 2.51. The number of piperazine rings is 1. The number of carbonyl (C=O) groups excluding carboxylic acids is 2. The van der Waals surface area contributed by atoms with Gasteiger partial charge in [0.15, 0.2) is 0 Å². The lowest BCUT2D eigenvalue weighted by molar-refractivity contribution is -0.144. The van der Waals surface area contributed by atoms with Gasteiger partial charge in [-0.05, 0) is 19.1 Å². The van der Waals surface area contributed by atoms with Crippen LogP contribution in [0.3, 0.4) is 0 Å². The van der Waals surface area contributed by atoms with Crippen LogP contribution in [0, 0.1) is 5.82 Å². The van der Waals surface area contributed by atoms with Crippen molar-refractivity contribution in [1.29, 1.82) is 0 Å². The van der Waals surface area contributed by atoms with Crippen LogP contribution in [-0.4, -0.2) is 98.7 Å². The van der Waals surface area contributed by atoms with Gasteiger partial charge < -0.3 is 39.8 Å². The number of pyridine rings is 1. The van der Waals surface area contributed by atoms with Gasteiger partial charge in [-0.2, -0.15) is 0 Å². The van der Waals surface area contributed by atoms with Gasteiger partial charge in [-0.1, -0.05) is 0 Å². The number of carbonyl (C=O) groups is 4. The molecule has 3 aliphatic heterocycles. The molecule has 1 aromatic heterocycles. The number of carboxylic acids is 1. The summed E-state index contributed by atoms with van der Waals surface area (Å²) in [7, 11) is 0. The van der Waals surface area contributed by atoms with Crippen molar-refractivity contribution in [3.63, 3.8) is 0 Å². The van der Waals surface area contributed by atoms with Gasteiger partial charge in [0.05, 0.1) is 11.2 Å². The van der Waals surface area contributed by atoms with E-state index in [2.05, 4.69) is 0 Å². The molecular formula is C25H26FN5O9S. The van der Waals surface area contributed by atoms with Crippen molar-refractivity contribution >= 4 is 52.5 Å². The highest BCUT2D eigenvalue weighted by molar-refractivity contribution is 8.00. The van der Waals surface area contributed by atoms with E-state index in [1.165, 1.54) is 28.9 Å². The molecule has 2 fully saturated rings. The van der Waals surface area contributed by atoms with E-state index < -0.39 is 52.4 Å². The van der Waals surface area contributed by atoms with Gasteiger partial charge in [-0.15, -0.1) is 11.8 Å². The van der Waals surface area contributed by atoms with Gasteiger partial charge in [0.1, 0.15) is 29.4 Å². The number of aryl methyl sites for hydroxylation is 1. The maximum absolute atomic E-state index is 15.1. The second-order valence-corrected chi connectivity index (χ2v) is 10.6. The number of hydrogen-bond donors (Lipinski definition) is 3. The van der Waals surface area contributed by atoms with E-state index in [1.54, 1.807) is 16.4 Å². The Morgan fingerprint density at radius 2 is 1.85 bits per heavy atom. The molecule has 2 aromatic rings. The number of amides is 2. The standard InChI is InChI=1S/C25H26FN5O9S/c1-2-28-9-14(23(34)35)19(32)13-7-15(26)17(8-16(13)28)29-3-5-30(6-4-29)24(36)39-10-12-11-41-22-18(27)20(33)31(22)21(12)40-25(37)38/h7-9,18,22H,2-6,10-11,27H2,1H3,(H,34,35)(H,37,38)/t18-,22-/m1/s1. The van der Waals surface area contributed by atoms with Crippen molar-refractivity contribution in [1.82, 2.24) is 14.4 Å². The average molecular weight is 592 g/mol. The smallest absolute Gasteiger partial charge is 0.477 e. The van der Waals surface area contributed by atoms with Crippen LogP contribution in [0.1, 0.15) is 17.3 Å². The molecule has 0 spiro atoms. The second kappa shape index (κ2) is 10.9. The van der Waals surface area contributed by atoms with Crippen molar-refractivity contribution in [2.24, 2.45) is 5.73 Å². The Morgan fingerprint density at radius 3 is 2.49 bits per heavy atom. The summed E-state index contributed by atoms with van der Waals surface area (Å²) >= 11 is 1.31. The molecular weight excluding hydrogens is 565 g/mol. The van der Waals surface area contributed by atoms with Gasteiger partial charge in [-0.3, -0.25) is 14.5 Å². The number of rotatable bonds is 6. The van der Waals surface area contributed by atoms with E-state index in [0.29, 0.717) is 17.6 Å². The van der Waals surface area contributed by atoms with E-state index in [9.17, 15) is 29.1 Å². The lowest BCUT2D eigenvalue weighted by Gasteiger charge is -2.47. The minimum absolute atomic E-state index is 0.0372. The van der Waals surface area contributed by atoms with Gasteiger partial charge in [0.25, 0.3) is 0 Å². The predicted octanol–water partition coefficient (Wildman–Crippen LogP) is 1.27. The summed E-state index contributed by atoms with van der Waals surface area (Å²) < 4.78 is 26.9. The summed E-state index contributed by atoms with van der Waals surface area (Å²) in [4.78, 5) is 64.5. The zero-order chi connectivity index (χ0) is 29.6. The summed E-state index contributed by atoms with van der Waals surface area (Å²) in [6.07, 6.45) is -1.05. The summed E-state index contributed by atoms with van der Waals surface area (Å²) in [6, 6.07) is 1.78. The number of aromatic nitrogens is 1. The van der Waals surface area contributed by atoms with Gasteiger partial charge in [0.2, 0.25) is 17.2 Å². The Labute approximate surface area is 235 Å². The number of β-lactam (4-membered cyclic amide) rings is 1. The third-order valence-electron chi connectivity index (χ3n) is 7.19. The van der Waals surface area contributed by atoms with E-state index in [1.807, 2.05) is 0 Å². The topological polar surface area (TPSA) is 185 Å². The Hall–Kier alpha value is -4.31. The van der Waals surface area contributed by atoms with Crippen LogP contribution in [0.4, 0.5) is 19.7 Å². The minimum Gasteiger partial charge on any atom is -0.477 e. The minimum atomic E-state index is -1.61. The van der Waals surface area contributed by atoms with Crippen LogP contribution < -0.4 is 16.1 Å². The second-order valence-electron chi connectivity index (χ2n) is 9.52. The van der Waals surface area contributed by atoms with Crippen molar-refractivity contribution in [2.75, 3.05) is 43.4 Å². The average Bonchev–Trinajstić information content (AvgIpc) is 2.95. The van der Waals surface area contributed by atoms with E-state index in [0.717, 1.165) is 11.0 Å². The normalized spacial score (nSPS) is 20.6. The molecule has 0 bridgehead atoms. The lowest BCUT2D eigenvalue weighted by atomic mass is 10.1. The van der Waals surface area contributed by atoms with E-state index in [4.69, 9.17) is 20.3 Å². The van der Waals surface area contributed by atoms with Crippen LogP contribution in [-0.2, 0) is 20.8 Å². The molecule has 16 heteroatoms. The predicted molar refractivity (Wildman–Crippen MR) is 143 cm³/mol. The number of fused-ring (bicyclic) bond motifs is 2. The zero-order valence-corrected chi connectivity index (χ0v) is 22.6. The number of thioether (sulfide) groups is 1. The molecule has 0 unspecified atom stereocenters. The first-order valence-electron chi connectivity index (χ1n) is 12.6. The number of halogens is 1. The number of benzene rings is 1. The van der Waals surface area contributed by atoms with Gasteiger partial charge >= 0.3 is 18.2 Å². The van der Waals surface area contributed by atoms with Gasteiger partial charge in [0, 0.05) is 55.6 Å². The summed E-state index contributed by atoms with van der Waals surface area (Å²) in [5.74, 6) is -2.51. The third kappa shape index (κ3) is 5.04. The van der Waals surface area contributed by atoms with E-state index >= 15 is 4.39 Å². The third-order valence-corrected chi connectivity index (χ3v) is 8.55. The highest BCUT2D eigenvalue weighted by Crippen LogP contribution is 2.40. The number of aromatic carboxylic acids is 1. The molecule has 2 saturated heterocycles. The fourth-order valence-corrected chi connectivity index (χ4v) is 6.28. The van der Waals surface area contributed by atoms with Crippen molar-refractivity contribution in [3.05, 3.63) is 51.4 Å². The molecule has 14 nitrogen and oxygen atoms in total. The molecule has 0 saturated carbocycles. The first-order chi connectivity index (χ1) is 19.5. The zero-order valence-electron chi connectivity index (χ0n) is 21.7. The number of carboxylic acid groups (broad SMARTS) is 2. The summed E-state index contributed by atoms with van der Waals surface area (Å²) in [5.41, 5.74) is 5.47. The molecule has 5 rings (SSSR count). The fraction of sp³-hybridized carbons (Fsp3) is 0.400. The number of anilines is 1. The lowest BCUT2D eigenvalue weighted by Crippen LogP contribution is -2.68. The summed E-state index contributed by atoms with van der Waals surface area (Å²) in [5, 5.41) is 17.9.